The number of alkyl halides is 3. The Balaban J connectivity index is 1.66. The number of hydrogen-bond donors (Lipinski definition) is 0. The van der Waals surface area contributed by atoms with E-state index < -0.39 is 17.4 Å². The third-order valence-corrected chi connectivity index (χ3v) is 6.02. The minimum Gasteiger partial charge on any atom is -0.244 e. The maximum atomic E-state index is 13.1. The van der Waals surface area contributed by atoms with Gasteiger partial charge < -0.3 is 0 Å². The summed E-state index contributed by atoms with van der Waals surface area (Å²) in [5, 5.41) is 9.94. The Kier molecular flexibility index (Phi) is 5.86. The van der Waals surface area contributed by atoms with Crippen molar-refractivity contribution in [1.29, 1.82) is 0 Å². The molecule has 0 N–H and O–H groups in total. The van der Waals surface area contributed by atoms with Gasteiger partial charge in [0.05, 0.1) is 18.3 Å². The van der Waals surface area contributed by atoms with E-state index >= 15 is 0 Å². The molecule has 3 aromatic carbocycles. The maximum absolute atomic E-state index is 13.1. The predicted molar refractivity (Wildman–Crippen MR) is 129 cm³/mol. The summed E-state index contributed by atoms with van der Waals surface area (Å²) in [6, 6.07) is 18.9. The van der Waals surface area contributed by atoms with Crippen molar-refractivity contribution in [1.82, 2.24) is 19.4 Å². The van der Waals surface area contributed by atoms with Crippen LogP contribution in [-0.4, -0.2) is 19.4 Å². The molecule has 2 aromatic heterocycles. The van der Waals surface area contributed by atoms with E-state index in [4.69, 9.17) is 23.2 Å². The second-order valence-electron chi connectivity index (χ2n) is 7.82. The lowest BCUT2D eigenvalue weighted by Crippen LogP contribution is -2.23. The highest BCUT2D eigenvalue weighted by atomic mass is 35.5. The Morgan fingerprint density at radius 3 is 1.94 bits per heavy atom. The van der Waals surface area contributed by atoms with Crippen LogP contribution in [0.4, 0.5) is 13.2 Å². The maximum Gasteiger partial charge on any atom is 0.416 e. The van der Waals surface area contributed by atoms with Gasteiger partial charge in [-0.05, 0) is 53.1 Å². The molecule has 5 aromatic rings. The van der Waals surface area contributed by atoms with Crippen LogP contribution in [0.15, 0.2) is 83.8 Å². The highest BCUT2D eigenvalue weighted by Gasteiger charge is 2.30. The van der Waals surface area contributed by atoms with Gasteiger partial charge in [0.1, 0.15) is 0 Å². The Morgan fingerprint density at radius 1 is 0.800 bits per heavy atom. The molecule has 0 unspecified atom stereocenters. The zero-order valence-electron chi connectivity index (χ0n) is 17.8. The van der Waals surface area contributed by atoms with E-state index in [1.54, 1.807) is 30.5 Å². The lowest BCUT2D eigenvalue weighted by Gasteiger charge is -2.11. The quantitative estimate of drug-likeness (QED) is 0.271. The van der Waals surface area contributed by atoms with Crippen LogP contribution >= 0.6 is 23.2 Å². The van der Waals surface area contributed by atoms with Gasteiger partial charge in [0.2, 0.25) is 0 Å². The SMILES string of the molecule is O=c1n(Cc2ccc(C(F)(F)F)cc2)nc2c(-c3ccc(Cl)cc3)c(-c3ccc(Cl)cc3)cnn12. The van der Waals surface area contributed by atoms with E-state index in [1.165, 1.54) is 21.3 Å². The van der Waals surface area contributed by atoms with E-state index in [1.807, 2.05) is 24.3 Å². The van der Waals surface area contributed by atoms with Crippen molar-refractivity contribution in [2.24, 2.45) is 0 Å². The number of nitrogens with zero attached hydrogens (tertiary/aromatic N) is 4. The summed E-state index contributed by atoms with van der Waals surface area (Å²) in [4.78, 5) is 13.1. The summed E-state index contributed by atoms with van der Waals surface area (Å²) in [6.07, 6.45) is -2.86. The van der Waals surface area contributed by atoms with Crippen molar-refractivity contribution < 1.29 is 13.2 Å². The average Bonchev–Trinajstić information content (AvgIpc) is 3.14. The molecule has 35 heavy (non-hydrogen) atoms. The molecule has 0 atom stereocenters. The fourth-order valence-electron chi connectivity index (χ4n) is 3.78. The van der Waals surface area contributed by atoms with Crippen LogP contribution in [0.2, 0.25) is 10.0 Å². The van der Waals surface area contributed by atoms with E-state index in [9.17, 15) is 18.0 Å². The molecule has 0 radical (unpaired) electrons. The van der Waals surface area contributed by atoms with Crippen molar-refractivity contribution >= 4 is 28.8 Å². The van der Waals surface area contributed by atoms with Gasteiger partial charge in [-0.1, -0.05) is 59.6 Å². The zero-order valence-corrected chi connectivity index (χ0v) is 19.3. The van der Waals surface area contributed by atoms with Crippen molar-refractivity contribution in [2.75, 3.05) is 0 Å². The highest BCUT2D eigenvalue weighted by molar-refractivity contribution is 6.31. The van der Waals surface area contributed by atoms with E-state index in [0.29, 0.717) is 26.8 Å². The van der Waals surface area contributed by atoms with Gasteiger partial charge in [-0.25, -0.2) is 9.48 Å². The van der Waals surface area contributed by atoms with Gasteiger partial charge in [0, 0.05) is 21.2 Å². The standard InChI is InChI=1S/C25H15Cl2F3N4O/c26-19-9-3-16(4-10-19)21-13-31-34-23(22(21)17-5-11-20(27)12-6-17)32-33(24(34)35)14-15-1-7-18(8-2-15)25(28,29)30/h1-13H,14H2. The molecular formula is C25H15Cl2F3N4O. The average molecular weight is 515 g/mol. The summed E-state index contributed by atoms with van der Waals surface area (Å²) >= 11 is 12.1. The first-order valence-electron chi connectivity index (χ1n) is 10.4. The monoisotopic (exact) mass is 514 g/mol. The molecule has 5 nitrogen and oxygen atoms in total. The molecule has 0 bridgehead atoms. The fraction of sp³-hybridized carbons (Fsp3) is 0.0800. The number of benzene rings is 3. The van der Waals surface area contributed by atoms with Crippen LogP contribution in [0.3, 0.4) is 0 Å². The summed E-state index contributed by atoms with van der Waals surface area (Å²) in [7, 11) is 0. The molecule has 2 heterocycles. The topological polar surface area (TPSA) is 52.2 Å². The molecule has 0 aliphatic carbocycles. The van der Waals surface area contributed by atoms with Gasteiger partial charge in [0.15, 0.2) is 5.65 Å². The van der Waals surface area contributed by atoms with Crippen molar-refractivity contribution in [3.05, 3.63) is 111 Å². The first-order chi connectivity index (χ1) is 16.7. The van der Waals surface area contributed by atoms with Crippen molar-refractivity contribution in [3.63, 3.8) is 0 Å². The Labute approximate surface area is 207 Å². The predicted octanol–water partition coefficient (Wildman–Crippen LogP) is 6.60. The molecule has 176 valence electrons. The van der Waals surface area contributed by atoms with Crippen LogP contribution in [-0.2, 0) is 12.7 Å². The van der Waals surface area contributed by atoms with Gasteiger partial charge in [-0.3, -0.25) is 0 Å². The smallest absolute Gasteiger partial charge is 0.244 e. The number of aromatic nitrogens is 4. The number of rotatable bonds is 4. The fourth-order valence-corrected chi connectivity index (χ4v) is 4.04. The summed E-state index contributed by atoms with van der Waals surface area (Å²) in [6.45, 7) is -0.0172. The normalized spacial score (nSPS) is 11.8. The van der Waals surface area contributed by atoms with E-state index in [-0.39, 0.29) is 6.54 Å². The van der Waals surface area contributed by atoms with Gasteiger partial charge >= 0.3 is 11.9 Å². The van der Waals surface area contributed by atoms with Crippen LogP contribution in [0.25, 0.3) is 27.9 Å². The van der Waals surface area contributed by atoms with E-state index in [0.717, 1.165) is 28.8 Å². The summed E-state index contributed by atoms with van der Waals surface area (Å²) in [5.74, 6) is 0. The van der Waals surface area contributed by atoms with Crippen molar-refractivity contribution in [3.8, 4) is 22.3 Å². The van der Waals surface area contributed by atoms with Crippen LogP contribution in [0.1, 0.15) is 11.1 Å². The van der Waals surface area contributed by atoms with Gasteiger partial charge in [-0.2, -0.15) is 22.8 Å². The molecule has 10 heteroatoms. The number of halogens is 5. The molecular weight excluding hydrogens is 500 g/mol. The van der Waals surface area contributed by atoms with Crippen LogP contribution in [0.5, 0.6) is 0 Å². The highest BCUT2D eigenvalue weighted by Crippen LogP contribution is 2.35. The molecule has 0 spiro atoms. The first kappa shape index (κ1) is 23.1. The van der Waals surface area contributed by atoms with Gasteiger partial charge in [0.25, 0.3) is 0 Å². The summed E-state index contributed by atoms with van der Waals surface area (Å²) in [5.41, 5.74) is 2.48. The Bertz CT molecular complexity index is 1570. The first-order valence-corrected chi connectivity index (χ1v) is 11.1. The Hall–Kier alpha value is -3.62. The minimum absolute atomic E-state index is 0.0172. The molecule has 0 aliphatic rings. The second-order valence-corrected chi connectivity index (χ2v) is 8.69. The van der Waals surface area contributed by atoms with E-state index in [2.05, 4.69) is 10.2 Å². The van der Waals surface area contributed by atoms with Crippen molar-refractivity contribution in [2.45, 2.75) is 12.7 Å². The molecule has 5 rings (SSSR count). The third kappa shape index (κ3) is 4.54. The Morgan fingerprint density at radius 2 is 1.37 bits per heavy atom. The molecule has 0 aliphatic heterocycles. The minimum atomic E-state index is -4.44. The zero-order chi connectivity index (χ0) is 24.7. The lowest BCUT2D eigenvalue weighted by atomic mass is 9.97. The lowest BCUT2D eigenvalue weighted by molar-refractivity contribution is -0.137. The largest absolute Gasteiger partial charge is 0.416 e. The molecule has 0 fully saturated rings. The molecule has 0 saturated heterocycles. The van der Waals surface area contributed by atoms with Crippen LogP contribution in [0, 0.1) is 0 Å². The van der Waals surface area contributed by atoms with Crippen LogP contribution < -0.4 is 5.69 Å². The third-order valence-electron chi connectivity index (χ3n) is 5.52. The second kappa shape index (κ2) is 8.87. The van der Waals surface area contributed by atoms with Gasteiger partial charge in [-0.15, -0.1) is 5.10 Å². The number of hydrogen-bond acceptors (Lipinski definition) is 3. The summed E-state index contributed by atoms with van der Waals surface area (Å²) < 4.78 is 41.0. The number of fused-ring (bicyclic) bond motifs is 1. The molecule has 0 amide bonds. The molecule has 0 saturated carbocycles.